The van der Waals surface area contributed by atoms with Gasteiger partial charge >= 0.3 is 0 Å². The van der Waals surface area contributed by atoms with E-state index in [1.807, 2.05) is 45.0 Å². The van der Waals surface area contributed by atoms with Crippen LogP contribution >= 0.6 is 0 Å². The highest BCUT2D eigenvalue weighted by Crippen LogP contribution is 2.33. The lowest BCUT2D eigenvalue weighted by Gasteiger charge is -2.26. The molecule has 1 unspecified atom stereocenters. The van der Waals surface area contributed by atoms with Crippen molar-refractivity contribution in [2.45, 2.75) is 51.9 Å². The molecule has 4 heteroatoms. The number of hydrogen-bond acceptors (Lipinski definition) is 4. The summed E-state index contributed by atoms with van der Waals surface area (Å²) in [5, 5.41) is 0. The Hall–Kier alpha value is -2.04. The molecule has 146 valence electrons. The second-order valence-electron chi connectivity index (χ2n) is 7.87. The minimum absolute atomic E-state index is 0.0278. The molecule has 0 spiro atoms. The van der Waals surface area contributed by atoms with E-state index in [0.717, 1.165) is 11.5 Å². The van der Waals surface area contributed by atoms with E-state index < -0.39 is 5.79 Å². The largest absolute Gasteiger partial charge is 0.494 e. The summed E-state index contributed by atoms with van der Waals surface area (Å²) in [6.07, 6.45) is -0.0278. The Bertz CT molecular complexity index is 732. The molecule has 3 rings (SSSR count). The van der Waals surface area contributed by atoms with Crippen molar-refractivity contribution in [3.8, 4) is 11.5 Å². The highest BCUT2D eigenvalue weighted by Gasteiger charge is 2.33. The van der Waals surface area contributed by atoms with Crippen LogP contribution in [0.25, 0.3) is 0 Å². The summed E-state index contributed by atoms with van der Waals surface area (Å²) >= 11 is 0. The molecule has 1 atom stereocenters. The minimum Gasteiger partial charge on any atom is -0.494 e. The summed E-state index contributed by atoms with van der Waals surface area (Å²) in [5.41, 5.74) is 2.38. The van der Waals surface area contributed by atoms with Crippen molar-refractivity contribution in [2.24, 2.45) is 0 Å². The van der Waals surface area contributed by atoms with E-state index in [2.05, 4.69) is 38.1 Å². The van der Waals surface area contributed by atoms with Crippen molar-refractivity contribution in [3.63, 3.8) is 0 Å². The topological polar surface area (TPSA) is 36.9 Å². The Morgan fingerprint density at radius 2 is 1.44 bits per heavy atom. The first kappa shape index (κ1) is 19.7. The molecule has 1 saturated heterocycles. The van der Waals surface area contributed by atoms with Crippen LogP contribution in [-0.4, -0.2) is 31.7 Å². The Kier molecular flexibility index (Phi) is 5.78. The highest BCUT2D eigenvalue weighted by molar-refractivity contribution is 5.41. The normalized spacial score (nSPS) is 19.1. The van der Waals surface area contributed by atoms with Crippen LogP contribution in [0.1, 0.15) is 45.7 Å². The van der Waals surface area contributed by atoms with E-state index in [1.165, 1.54) is 11.1 Å². The molecule has 0 radical (unpaired) electrons. The zero-order valence-electron chi connectivity index (χ0n) is 17.0. The molecule has 27 heavy (non-hydrogen) atoms. The van der Waals surface area contributed by atoms with Gasteiger partial charge in [-0.3, -0.25) is 0 Å². The molecule has 0 saturated carbocycles. The van der Waals surface area contributed by atoms with E-state index in [1.54, 1.807) is 0 Å². The number of benzene rings is 2. The van der Waals surface area contributed by atoms with Gasteiger partial charge in [0.05, 0.1) is 13.2 Å². The Labute approximate surface area is 162 Å². The molecular formula is C23H30O4. The molecule has 1 heterocycles. The van der Waals surface area contributed by atoms with E-state index >= 15 is 0 Å². The monoisotopic (exact) mass is 370 g/mol. The van der Waals surface area contributed by atoms with Gasteiger partial charge in [-0.05, 0) is 56.2 Å². The van der Waals surface area contributed by atoms with E-state index in [9.17, 15) is 0 Å². The van der Waals surface area contributed by atoms with Crippen LogP contribution in [-0.2, 0) is 14.9 Å². The minimum atomic E-state index is -0.514. The van der Waals surface area contributed by atoms with Gasteiger partial charge in [0.2, 0.25) is 0 Å². The van der Waals surface area contributed by atoms with Gasteiger partial charge in [0.1, 0.15) is 24.2 Å². The molecule has 1 aliphatic heterocycles. The first-order chi connectivity index (χ1) is 12.8. The fraction of sp³-hybridized carbons (Fsp3) is 0.478. The summed E-state index contributed by atoms with van der Waals surface area (Å²) in [5.74, 6) is 1.23. The average Bonchev–Trinajstić information content (AvgIpc) is 3.00. The maximum atomic E-state index is 5.88. The lowest BCUT2D eigenvalue weighted by molar-refractivity contribution is -0.141. The summed E-state index contributed by atoms with van der Waals surface area (Å²) in [4.78, 5) is 0. The van der Waals surface area contributed by atoms with Crippen molar-refractivity contribution < 1.29 is 18.9 Å². The summed E-state index contributed by atoms with van der Waals surface area (Å²) in [6.45, 7) is 12.0. The van der Waals surface area contributed by atoms with Crippen LogP contribution in [0.15, 0.2) is 48.5 Å². The predicted octanol–water partition coefficient (Wildman–Crippen LogP) is 4.94. The molecule has 1 aliphatic rings. The van der Waals surface area contributed by atoms with Gasteiger partial charge in [0.15, 0.2) is 5.79 Å². The fourth-order valence-corrected chi connectivity index (χ4v) is 3.30. The van der Waals surface area contributed by atoms with Gasteiger partial charge in [-0.2, -0.15) is 0 Å². The highest BCUT2D eigenvalue weighted by atomic mass is 16.7. The number of rotatable bonds is 7. The van der Waals surface area contributed by atoms with Crippen LogP contribution < -0.4 is 9.47 Å². The van der Waals surface area contributed by atoms with Gasteiger partial charge < -0.3 is 18.9 Å². The fourth-order valence-electron chi connectivity index (χ4n) is 3.30. The maximum absolute atomic E-state index is 5.88. The first-order valence-corrected chi connectivity index (χ1v) is 9.58. The second kappa shape index (κ2) is 7.91. The first-order valence-electron chi connectivity index (χ1n) is 9.58. The Morgan fingerprint density at radius 1 is 0.926 bits per heavy atom. The van der Waals surface area contributed by atoms with Crippen molar-refractivity contribution in [1.29, 1.82) is 0 Å². The summed E-state index contributed by atoms with van der Waals surface area (Å²) < 4.78 is 22.8. The molecule has 0 aliphatic carbocycles. The number of ether oxygens (including phenoxy) is 4. The number of hydrogen-bond donors (Lipinski definition) is 0. The molecular weight excluding hydrogens is 340 g/mol. The standard InChI is InChI=1S/C23H30O4/c1-6-24-19-11-7-17(8-12-19)22(2,3)18-9-13-20(14-10-18)25-15-21-16-26-23(4,5)27-21/h7-14,21H,6,15-16H2,1-5H3. The molecule has 2 aromatic rings. The van der Waals surface area contributed by atoms with E-state index in [0.29, 0.717) is 19.8 Å². The van der Waals surface area contributed by atoms with Crippen LogP contribution in [0, 0.1) is 0 Å². The lowest BCUT2D eigenvalue weighted by atomic mass is 9.78. The Morgan fingerprint density at radius 3 is 1.89 bits per heavy atom. The third-order valence-corrected chi connectivity index (χ3v) is 4.97. The molecule has 0 bridgehead atoms. The molecule has 1 fully saturated rings. The van der Waals surface area contributed by atoms with Crippen LogP contribution in [0.3, 0.4) is 0 Å². The van der Waals surface area contributed by atoms with Crippen molar-refractivity contribution in [2.75, 3.05) is 19.8 Å². The molecule has 2 aromatic carbocycles. The van der Waals surface area contributed by atoms with Gasteiger partial charge in [0.25, 0.3) is 0 Å². The van der Waals surface area contributed by atoms with Crippen LogP contribution in [0.5, 0.6) is 11.5 Å². The predicted molar refractivity (Wildman–Crippen MR) is 107 cm³/mol. The molecule has 4 nitrogen and oxygen atoms in total. The van der Waals surface area contributed by atoms with Gasteiger partial charge in [0, 0.05) is 5.41 Å². The summed E-state index contributed by atoms with van der Waals surface area (Å²) in [6, 6.07) is 16.6. The lowest BCUT2D eigenvalue weighted by Crippen LogP contribution is -2.25. The van der Waals surface area contributed by atoms with Crippen molar-refractivity contribution in [3.05, 3.63) is 59.7 Å². The molecule has 0 amide bonds. The van der Waals surface area contributed by atoms with Crippen LogP contribution in [0.2, 0.25) is 0 Å². The van der Waals surface area contributed by atoms with E-state index in [4.69, 9.17) is 18.9 Å². The van der Waals surface area contributed by atoms with Crippen molar-refractivity contribution in [1.82, 2.24) is 0 Å². The second-order valence-corrected chi connectivity index (χ2v) is 7.87. The molecule has 0 aromatic heterocycles. The third-order valence-electron chi connectivity index (χ3n) is 4.97. The maximum Gasteiger partial charge on any atom is 0.163 e. The van der Waals surface area contributed by atoms with Gasteiger partial charge in [-0.15, -0.1) is 0 Å². The zero-order chi connectivity index (χ0) is 19.5. The van der Waals surface area contributed by atoms with Crippen LogP contribution in [0.4, 0.5) is 0 Å². The smallest absolute Gasteiger partial charge is 0.163 e. The average molecular weight is 370 g/mol. The van der Waals surface area contributed by atoms with Crippen molar-refractivity contribution >= 4 is 0 Å². The summed E-state index contributed by atoms with van der Waals surface area (Å²) in [7, 11) is 0. The van der Waals surface area contributed by atoms with E-state index in [-0.39, 0.29) is 11.5 Å². The zero-order valence-corrected chi connectivity index (χ0v) is 17.0. The van der Waals surface area contributed by atoms with Gasteiger partial charge in [-0.1, -0.05) is 38.1 Å². The third kappa shape index (κ3) is 4.82. The SMILES string of the molecule is CCOc1ccc(C(C)(C)c2ccc(OCC3COC(C)(C)O3)cc2)cc1. The molecule has 0 N–H and O–H groups in total. The van der Waals surface area contributed by atoms with Gasteiger partial charge in [-0.25, -0.2) is 0 Å². The quantitative estimate of drug-likeness (QED) is 0.692. The Balaban J connectivity index is 1.63.